The second kappa shape index (κ2) is 5.15. The Hall–Kier alpha value is -1.31. The van der Waals surface area contributed by atoms with Gasteiger partial charge in [-0.2, -0.15) is 0 Å². The van der Waals surface area contributed by atoms with E-state index < -0.39 is 21.4 Å². The van der Waals surface area contributed by atoms with Crippen LogP contribution in [0.4, 0.5) is 4.39 Å². The van der Waals surface area contributed by atoms with Crippen molar-refractivity contribution in [2.75, 3.05) is 0 Å². The summed E-state index contributed by atoms with van der Waals surface area (Å²) >= 11 is 0. The van der Waals surface area contributed by atoms with E-state index in [4.69, 9.17) is 14.7 Å². The lowest BCUT2D eigenvalue weighted by Gasteiger charge is -2.38. The Kier molecular flexibility index (Phi) is 3.94. The van der Waals surface area contributed by atoms with Crippen molar-refractivity contribution in [2.24, 2.45) is 0 Å². The Morgan fingerprint density at radius 3 is 2.33 bits per heavy atom. The van der Waals surface area contributed by atoms with Crippen molar-refractivity contribution in [3.05, 3.63) is 30.2 Å². The summed E-state index contributed by atoms with van der Waals surface area (Å²) in [5.74, 6) is -0.733. The fourth-order valence-electron chi connectivity index (χ4n) is 2.24. The molecule has 1 aromatic heterocycles. The van der Waals surface area contributed by atoms with Gasteiger partial charge in [0.05, 0.1) is 0 Å². The van der Waals surface area contributed by atoms with E-state index in [-0.39, 0.29) is 10.8 Å². The second-order valence-corrected chi connectivity index (χ2v) is 11.8. The highest BCUT2D eigenvalue weighted by Crippen LogP contribution is 2.40. The van der Waals surface area contributed by atoms with Gasteiger partial charge in [-0.3, -0.25) is 0 Å². The molecule has 0 aliphatic rings. The molecule has 4 nitrogen and oxygen atoms in total. The SMILES string of the molecule is CC(C)(C)[Si](C)(C)n1ccc2c(OB(O)O)c(F)ccc21. The van der Waals surface area contributed by atoms with Crippen LogP contribution in [0.2, 0.25) is 18.1 Å². The number of halogens is 1. The molecule has 2 aromatic rings. The molecule has 114 valence electrons. The Morgan fingerprint density at radius 2 is 1.81 bits per heavy atom. The van der Waals surface area contributed by atoms with E-state index in [1.165, 1.54) is 6.07 Å². The van der Waals surface area contributed by atoms with Crippen molar-refractivity contribution in [3.8, 4) is 5.75 Å². The maximum Gasteiger partial charge on any atom is 0.707 e. The van der Waals surface area contributed by atoms with Crippen LogP contribution in [0.15, 0.2) is 24.4 Å². The molecule has 0 fully saturated rings. The summed E-state index contributed by atoms with van der Waals surface area (Å²) in [7, 11) is -3.90. The summed E-state index contributed by atoms with van der Waals surface area (Å²) in [6.07, 6.45) is 1.93. The highest BCUT2D eigenvalue weighted by atomic mass is 28.3. The van der Waals surface area contributed by atoms with Crippen LogP contribution >= 0.6 is 0 Å². The fraction of sp³-hybridized carbons (Fsp3) is 0.429. The zero-order valence-electron chi connectivity index (χ0n) is 13.0. The summed E-state index contributed by atoms with van der Waals surface area (Å²) in [4.78, 5) is 0. The molecule has 2 N–H and O–H groups in total. The maximum atomic E-state index is 13.9. The summed E-state index contributed by atoms with van der Waals surface area (Å²) in [5, 5.41) is 18.6. The zero-order valence-corrected chi connectivity index (χ0v) is 14.0. The van der Waals surface area contributed by atoms with Crippen LogP contribution in [0, 0.1) is 5.82 Å². The monoisotopic (exact) mass is 309 g/mol. The Balaban J connectivity index is 2.66. The Labute approximate surface area is 125 Å². The lowest BCUT2D eigenvalue weighted by Crippen LogP contribution is -2.44. The number of aromatic nitrogens is 1. The van der Waals surface area contributed by atoms with Gasteiger partial charge in [0.2, 0.25) is 0 Å². The predicted octanol–water partition coefficient (Wildman–Crippen LogP) is 2.98. The summed E-state index contributed by atoms with van der Waals surface area (Å²) in [5.41, 5.74) is 0.846. The molecule has 0 atom stereocenters. The van der Waals surface area contributed by atoms with Gasteiger partial charge in [0.25, 0.3) is 0 Å². The first kappa shape index (κ1) is 16.1. The molecule has 0 saturated carbocycles. The molecule has 0 radical (unpaired) electrons. The van der Waals surface area contributed by atoms with Crippen molar-refractivity contribution >= 4 is 26.5 Å². The van der Waals surface area contributed by atoms with Crippen molar-refractivity contribution in [1.82, 2.24) is 4.23 Å². The van der Waals surface area contributed by atoms with Gasteiger partial charge in [0.1, 0.15) is 5.75 Å². The molecule has 0 aliphatic heterocycles. The van der Waals surface area contributed by atoms with Gasteiger partial charge in [0.15, 0.2) is 14.1 Å². The number of fused-ring (bicyclic) bond motifs is 1. The minimum atomic E-state index is -2.04. The van der Waals surface area contributed by atoms with Gasteiger partial charge in [0, 0.05) is 10.9 Å². The van der Waals surface area contributed by atoms with Crippen LogP contribution in [-0.2, 0) is 0 Å². The number of hydrogen-bond donors (Lipinski definition) is 2. The molecule has 0 spiro atoms. The third-order valence-electron chi connectivity index (χ3n) is 4.44. The first-order valence-corrected chi connectivity index (χ1v) is 9.83. The third-order valence-corrected chi connectivity index (χ3v) is 9.70. The smallest absolute Gasteiger partial charge is 0.509 e. The summed E-state index contributed by atoms with van der Waals surface area (Å²) in [6, 6.07) is 4.77. The van der Waals surface area contributed by atoms with Crippen LogP contribution in [0.3, 0.4) is 0 Å². The van der Waals surface area contributed by atoms with Gasteiger partial charge in [-0.1, -0.05) is 33.9 Å². The quantitative estimate of drug-likeness (QED) is 0.857. The first-order valence-electron chi connectivity index (χ1n) is 6.88. The van der Waals surface area contributed by atoms with E-state index in [2.05, 4.69) is 38.1 Å². The molecule has 0 unspecified atom stereocenters. The molecular weight excluding hydrogens is 288 g/mol. The van der Waals surface area contributed by atoms with Crippen LogP contribution in [0.5, 0.6) is 5.75 Å². The minimum Gasteiger partial charge on any atom is -0.509 e. The topological polar surface area (TPSA) is 54.6 Å². The third kappa shape index (κ3) is 2.73. The van der Waals surface area contributed by atoms with Gasteiger partial charge in [-0.05, 0) is 29.4 Å². The van der Waals surface area contributed by atoms with Gasteiger partial charge in [-0.15, -0.1) is 0 Å². The Morgan fingerprint density at radius 1 is 1.19 bits per heavy atom. The lowest BCUT2D eigenvalue weighted by molar-refractivity contribution is 0.283. The summed E-state index contributed by atoms with van der Waals surface area (Å²) < 4.78 is 20.9. The highest BCUT2D eigenvalue weighted by Gasteiger charge is 2.38. The first-order chi connectivity index (χ1) is 9.55. The van der Waals surface area contributed by atoms with Crippen LogP contribution in [-0.4, -0.2) is 29.8 Å². The Bertz CT molecular complexity index is 664. The molecule has 21 heavy (non-hydrogen) atoms. The highest BCUT2D eigenvalue weighted by molar-refractivity contribution is 6.79. The van der Waals surface area contributed by atoms with Crippen LogP contribution in [0.25, 0.3) is 10.9 Å². The molecule has 1 heterocycles. The lowest BCUT2D eigenvalue weighted by atomic mass is 10.2. The van der Waals surface area contributed by atoms with Gasteiger partial charge in [-0.25, -0.2) is 4.39 Å². The van der Waals surface area contributed by atoms with E-state index in [0.717, 1.165) is 5.52 Å². The van der Waals surface area contributed by atoms with Crippen molar-refractivity contribution < 1.29 is 19.1 Å². The van der Waals surface area contributed by atoms with Crippen molar-refractivity contribution in [3.63, 3.8) is 0 Å². The largest absolute Gasteiger partial charge is 0.707 e. The second-order valence-electron chi connectivity index (χ2n) is 6.75. The van der Waals surface area contributed by atoms with E-state index >= 15 is 0 Å². The van der Waals surface area contributed by atoms with Gasteiger partial charge < -0.3 is 18.9 Å². The van der Waals surface area contributed by atoms with E-state index in [1.54, 1.807) is 12.1 Å². The van der Waals surface area contributed by atoms with Crippen LogP contribution < -0.4 is 4.65 Å². The van der Waals surface area contributed by atoms with Crippen LogP contribution in [0.1, 0.15) is 20.8 Å². The number of rotatable bonds is 3. The zero-order chi connectivity index (χ0) is 16.0. The van der Waals surface area contributed by atoms with Crippen molar-refractivity contribution in [1.29, 1.82) is 0 Å². The fourth-order valence-corrected chi connectivity index (χ4v) is 4.20. The molecular formula is C14H21BFNO3Si. The average molecular weight is 309 g/mol. The molecule has 1 aromatic carbocycles. The minimum absolute atomic E-state index is 0.116. The van der Waals surface area contributed by atoms with E-state index in [9.17, 15) is 4.39 Å². The summed E-state index contributed by atoms with van der Waals surface area (Å²) in [6.45, 7) is 11.1. The number of nitrogens with zero attached hydrogens (tertiary/aromatic N) is 1. The average Bonchev–Trinajstić information content (AvgIpc) is 2.75. The molecule has 7 heteroatoms. The molecule has 2 rings (SSSR count). The van der Waals surface area contributed by atoms with E-state index in [0.29, 0.717) is 5.39 Å². The maximum absolute atomic E-state index is 13.9. The van der Waals surface area contributed by atoms with Gasteiger partial charge >= 0.3 is 7.32 Å². The number of hydrogen-bond acceptors (Lipinski definition) is 3. The standard InChI is InChI=1S/C14H21BFNO3Si/c1-14(2,3)21(4,5)17-9-8-10-12(17)7-6-11(16)13(10)20-15(18)19/h6-9,18-19H,1-5H3. The predicted molar refractivity (Wildman–Crippen MR) is 85.3 cm³/mol. The normalized spacial score (nSPS) is 12.8. The van der Waals surface area contributed by atoms with Crippen molar-refractivity contribution in [2.45, 2.75) is 38.9 Å². The number of benzene rings is 1. The van der Waals surface area contributed by atoms with E-state index in [1.807, 2.05) is 6.20 Å². The molecule has 0 aliphatic carbocycles. The molecule has 0 bridgehead atoms. The molecule has 0 amide bonds. The molecule has 0 saturated heterocycles.